The normalized spacial score (nSPS) is 26.2. The lowest BCUT2D eigenvalue weighted by molar-refractivity contribution is -0.000556. The van der Waals surface area contributed by atoms with Crippen LogP contribution in [0.1, 0.15) is 12.8 Å². The smallest absolute Gasteiger partial charge is 0.211 e. The highest BCUT2D eigenvalue weighted by molar-refractivity contribution is 7.88. The zero-order chi connectivity index (χ0) is 12.3. The van der Waals surface area contributed by atoms with E-state index in [0.29, 0.717) is 19.1 Å². The number of hydrazine groups is 1. The summed E-state index contributed by atoms with van der Waals surface area (Å²) in [5, 5.41) is 2.18. The molecule has 2 fully saturated rings. The van der Waals surface area contributed by atoms with Gasteiger partial charge in [0, 0.05) is 32.2 Å². The summed E-state index contributed by atoms with van der Waals surface area (Å²) < 4.78 is 29.6. The molecule has 1 N–H and O–H groups in total. The molecule has 0 saturated carbocycles. The second-order valence-electron chi connectivity index (χ2n) is 4.66. The Kier molecular flexibility index (Phi) is 4.37. The van der Waals surface area contributed by atoms with Gasteiger partial charge in [-0.05, 0) is 12.8 Å². The van der Waals surface area contributed by atoms with Crippen LogP contribution in [0.5, 0.6) is 0 Å². The summed E-state index contributed by atoms with van der Waals surface area (Å²) in [6.07, 6.45) is 3.04. The Morgan fingerprint density at radius 3 is 2.24 bits per heavy atom. The van der Waals surface area contributed by atoms with Crippen LogP contribution in [-0.2, 0) is 14.8 Å². The van der Waals surface area contributed by atoms with Crippen molar-refractivity contribution in [2.45, 2.75) is 18.9 Å². The molecule has 17 heavy (non-hydrogen) atoms. The SMILES string of the molecule is CS(=O)(=O)N1CCC(NN2CCOCC2)CC1. The first-order chi connectivity index (χ1) is 8.05. The minimum absolute atomic E-state index is 0.395. The average molecular weight is 263 g/mol. The van der Waals surface area contributed by atoms with Crippen LogP contribution < -0.4 is 5.43 Å². The highest BCUT2D eigenvalue weighted by Gasteiger charge is 2.26. The number of hydrogen-bond acceptors (Lipinski definition) is 5. The van der Waals surface area contributed by atoms with Crippen LogP contribution in [0.3, 0.4) is 0 Å². The molecule has 0 bridgehead atoms. The Balaban J connectivity index is 1.75. The molecule has 0 radical (unpaired) electrons. The van der Waals surface area contributed by atoms with Gasteiger partial charge in [-0.3, -0.25) is 5.43 Å². The molecule has 0 atom stereocenters. The molecule has 2 rings (SSSR count). The fourth-order valence-electron chi connectivity index (χ4n) is 2.27. The van der Waals surface area contributed by atoms with Gasteiger partial charge in [0.25, 0.3) is 0 Å². The Hall–Kier alpha value is -0.210. The maximum absolute atomic E-state index is 11.4. The van der Waals surface area contributed by atoms with Gasteiger partial charge in [-0.25, -0.2) is 17.7 Å². The minimum atomic E-state index is -3.01. The Labute approximate surface area is 103 Å². The van der Waals surface area contributed by atoms with Crippen molar-refractivity contribution in [1.29, 1.82) is 0 Å². The third-order valence-electron chi connectivity index (χ3n) is 3.30. The minimum Gasteiger partial charge on any atom is -0.379 e. The zero-order valence-corrected chi connectivity index (χ0v) is 11.1. The van der Waals surface area contributed by atoms with Gasteiger partial charge in [-0.1, -0.05) is 0 Å². The van der Waals surface area contributed by atoms with Crippen molar-refractivity contribution < 1.29 is 13.2 Å². The molecule has 0 aromatic carbocycles. The van der Waals surface area contributed by atoms with Gasteiger partial charge in [0.15, 0.2) is 0 Å². The van der Waals surface area contributed by atoms with E-state index in [4.69, 9.17) is 4.74 Å². The number of morpholine rings is 1. The number of nitrogens with zero attached hydrogens (tertiary/aromatic N) is 2. The standard InChI is InChI=1S/C10H21N3O3S/c1-17(14,15)13-4-2-10(3-5-13)11-12-6-8-16-9-7-12/h10-11H,2-9H2,1H3. The van der Waals surface area contributed by atoms with Crippen LogP contribution in [0.2, 0.25) is 0 Å². The fraction of sp³-hybridized carbons (Fsp3) is 1.00. The zero-order valence-electron chi connectivity index (χ0n) is 10.3. The third-order valence-corrected chi connectivity index (χ3v) is 4.60. The second-order valence-corrected chi connectivity index (χ2v) is 6.65. The van der Waals surface area contributed by atoms with Gasteiger partial charge in [0.05, 0.1) is 19.5 Å². The van der Waals surface area contributed by atoms with E-state index in [1.807, 2.05) is 0 Å². The van der Waals surface area contributed by atoms with Crippen LogP contribution in [0.25, 0.3) is 0 Å². The molecular formula is C10H21N3O3S. The highest BCUT2D eigenvalue weighted by atomic mass is 32.2. The fourth-order valence-corrected chi connectivity index (χ4v) is 3.14. The van der Waals surface area contributed by atoms with Crippen molar-refractivity contribution in [2.75, 3.05) is 45.6 Å². The first kappa shape index (κ1) is 13.2. The monoisotopic (exact) mass is 263 g/mol. The molecule has 0 amide bonds. The van der Waals surface area contributed by atoms with Gasteiger partial charge >= 0.3 is 0 Å². The summed E-state index contributed by atoms with van der Waals surface area (Å²) in [4.78, 5) is 0. The number of sulfonamides is 1. The van der Waals surface area contributed by atoms with Crippen molar-refractivity contribution >= 4 is 10.0 Å². The van der Waals surface area contributed by atoms with Crippen molar-refractivity contribution in [3.8, 4) is 0 Å². The topological polar surface area (TPSA) is 61.9 Å². The summed E-state index contributed by atoms with van der Waals surface area (Å²) in [5.74, 6) is 0. The van der Waals surface area contributed by atoms with E-state index in [2.05, 4.69) is 10.4 Å². The van der Waals surface area contributed by atoms with Gasteiger partial charge in [-0.2, -0.15) is 0 Å². The molecule has 2 aliphatic heterocycles. The Bertz CT molecular complexity index is 333. The molecule has 2 aliphatic rings. The Morgan fingerprint density at radius 2 is 1.71 bits per heavy atom. The lowest BCUT2D eigenvalue weighted by Gasteiger charge is -2.36. The molecular weight excluding hydrogens is 242 g/mol. The predicted octanol–water partition coefficient (Wildman–Crippen LogP) is -0.753. The number of nitrogens with one attached hydrogen (secondary N) is 1. The molecule has 2 heterocycles. The molecule has 7 heteroatoms. The first-order valence-electron chi connectivity index (χ1n) is 6.10. The summed E-state index contributed by atoms with van der Waals surface area (Å²) in [7, 11) is -3.01. The van der Waals surface area contributed by atoms with Crippen LogP contribution in [0.4, 0.5) is 0 Å². The maximum Gasteiger partial charge on any atom is 0.211 e. The lowest BCUT2D eigenvalue weighted by Crippen LogP contribution is -2.53. The molecule has 0 aliphatic carbocycles. The van der Waals surface area contributed by atoms with E-state index in [1.165, 1.54) is 6.26 Å². The molecule has 6 nitrogen and oxygen atoms in total. The van der Waals surface area contributed by atoms with Crippen molar-refractivity contribution in [1.82, 2.24) is 14.7 Å². The van der Waals surface area contributed by atoms with E-state index >= 15 is 0 Å². The number of piperidine rings is 1. The lowest BCUT2D eigenvalue weighted by atomic mass is 10.1. The highest BCUT2D eigenvalue weighted by Crippen LogP contribution is 2.13. The predicted molar refractivity (Wildman–Crippen MR) is 65.0 cm³/mol. The largest absolute Gasteiger partial charge is 0.379 e. The number of ether oxygens (including phenoxy) is 1. The molecule has 2 saturated heterocycles. The van der Waals surface area contributed by atoms with Crippen LogP contribution in [0, 0.1) is 0 Å². The van der Waals surface area contributed by atoms with Crippen molar-refractivity contribution in [2.24, 2.45) is 0 Å². The third kappa shape index (κ3) is 3.89. The van der Waals surface area contributed by atoms with Gasteiger partial charge < -0.3 is 4.74 Å². The van der Waals surface area contributed by atoms with E-state index in [1.54, 1.807) is 4.31 Å². The molecule has 0 aromatic rings. The van der Waals surface area contributed by atoms with Crippen LogP contribution >= 0.6 is 0 Å². The van der Waals surface area contributed by atoms with Crippen LogP contribution in [0.15, 0.2) is 0 Å². The average Bonchev–Trinajstić information content (AvgIpc) is 2.30. The van der Waals surface area contributed by atoms with Gasteiger partial charge in [-0.15, -0.1) is 0 Å². The van der Waals surface area contributed by atoms with Crippen molar-refractivity contribution in [3.05, 3.63) is 0 Å². The number of hydrogen-bond donors (Lipinski definition) is 1. The summed E-state index contributed by atoms with van der Waals surface area (Å²) in [6.45, 7) is 4.62. The summed E-state index contributed by atoms with van der Waals surface area (Å²) in [5.41, 5.74) is 3.46. The Morgan fingerprint density at radius 1 is 1.12 bits per heavy atom. The van der Waals surface area contributed by atoms with E-state index in [0.717, 1.165) is 39.1 Å². The quantitative estimate of drug-likeness (QED) is 0.726. The summed E-state index contributed by atoms with van der Waals surface area (Å²) >= 11 is 0. The van der Waals surface area contributed by atoms with Crippen LogP contribution in [-0.4, -0.2) is 69.4 Å². The molecule has 0 spiro atoms. The molecule has 0 aromatic heterocycles. The maximum atomic E-state index is 11.4. The summed E-state index contributed by atoms with van der Waals surface area (Å²) in [6, 6.07) is 0.395. The molecule has 100 valence electrons. The van der Waals surface area contributed by atoms with E-state index < -0.39 is 10.0 Å². The molecule has 0 unspecified atom stereocenters. The van der Waals surface area contributed by atoms with E-state index in [-0.39, 0.29) is 0 Å². The van der Waals surface area contributed by atoms with Crippen molar-refractivity contribution in [3.63, 3.8) is 0 Å². The van der Waals surface area contributed by atoms with Gasteiger partial charge in [0.2, 0.25) is 10.0 Å². The van der Waals surface area contributed by atoms with E-state index in [9.17, 15) is 8.42 Å². The second kappa shape index (κ2) is 5.62. The number of rotatable bonds is 3. The van der Waals surface area contributed by atoms with Gasteiger partial charge in [0.1, 0.15) is 0 Å². The first-order valence-corrected chi connectivity index (χ1v) is 7.94.